The SMILES string of the molecule is CCCc1noc([C@H]2CNCCO2)n1. The molecule has 5 heteroatoms. The van der Waals surface area contributed by atoms with Gasteiger partial charge in [-0.05, 0) is 6.42 Å². The van der Waals surface area contributed by atoms with Gasteiger partial charge in [0.2, 0.25) is 0 Å². The molecule has 14 heavy (non-hydrogen) atoms. The monoisotopic (exact) mass is 197 g/mol. The second-order valence-electron chi connectivity index (χ2n) is 3.36. The molecule has 1 aromatic heterocycles. The zero-order valence-corrected chi connectivity index (χ0v) is 8.32. The molecule has 1 fully saturated rings. The number of rotatable bonds is 3. The van der Waals surface area contributed by atoms with Crippen LogP contribution in [0.5, 0.6) is 0 Å². The standard InChI is InChI=1S/C9H15N3O2/c1-2-3-8-11-9(14-12-8)7-6-10-4-5-13-7/h7,10H,2-6H2,1H3/t7-/m1/s1. The molecule has 1 aliphatic rings. The van der Waals surface area contributed by atoms with Crippen LogP contribution in [0.2, 0.25) is 0 Å². The summed E-state index contributed by atoms with van der Waals surface area (Å²) >= 11 is 0. The molecule has 1 N–H and O–H groups in total. The number of nitrogens with zero attached hydrogens (tertiary/aromatic N) is 2. The van der Waals surface area contributed by atoms with E-state index in [-0.39, 0.29) is 6.10 Å². The highest BCUT2D eigenvalue weighted by molar-refractivity contribution is 4.92. The number of nitrogens with one attached hydrogen (secondary N) is 1. The fraction of sp³-hybridized carbons (Fsp3) is 0.778. The van der Waals surface area contributed by atoms with Crippen LogP contribution < -0.4 is 5.32 Å². The molecule has 2 rings (SSSR count). The first-order valence-corrected chi connectivity index (χ1v) is 5.05. The average Bonchev–Trinajstić information content (AvgIpc) is 2.68. The van der Waals surface area contributed by atoms with Crippen molar-refractivity contribution in [3.8, 4) is 0 Å². The number of morpholine rings is 1. The molecular weight excluding hydrogens is 182 g/mol. The van der Waals surface area contributed by atoms with E-state index in [9.17, 15) is 0 Å². The lowest BCUT2D eigenvalue weighted by molar-refractivity contribution is 0.00755. The van der Waals surface area contributed by atoms with Gasteiger partial charge in [-0.3, -0.25) is 0 Å². The normalized spacial score (nSPS) is 22.5. The molecule has 0 aliphatic carbocycles. The van der Waals surface area contributed by atoms with E-state index in [1.54, 1.807) is 0 Å². The Hall–Kier alpha value is -0.940. The summed E-state index contributed by atoms with van der Waals surface area (Å²) in [5, 5.41) is 7.11. The van der Waals surface area contributed by atoms with Crippen LogP contribution in [0, 0.1) is 0 Å². The number of hydrogen-bond acceptors (Lipinski definition) is 5. The Bertz CT molecular complexity index is 281. The molecule has 5 nitrogen and oxygen atoms in total. The van der Waals surface area contributed by atoms with Gasteiger partial charge in [0.05, 0.1) is 6.61 Å². The smallest absolute Gasteiger partial charge is 0.257 e. The van der Waals surface area contributed by atoms with Crippen molar-refractivity contribution < 1.29 is 9.26 Å². The van der Waals surface area contributed by atoms with Crippen LogP contribution in [0.3, 0.4) is 0 Å². The second-order valence-corrected chi connectivity index (χ2v) is 3.36. The van der Waals surface area contributed by atoms with E-state index in [2.05, 4.69) is 22.4 Å². The van der Waals surface area contributed by atoms with Crippen molar-refractivity contribution in [3.05, 3.63) is 11.7 Å². The molecule has 0 unspecified atom stereocenters. The molecule has 1 aromatic rings. The van der Waals surface area contributed by atoms with Gasteiger partial charge in [-0.1, -0.05) is 12.1 Å². The van der Waals surface area contributed by atoms with Gasteiger partial charge in [-0.15, -0.1) is 0 Å². The fourth-order valence-corrected chi connectivity index (χ4v) is 1.45. The highest BCUT2D eigenvalue weighted by Crippen LogP contribution is 2.16. The van der Waals surface area contributed by atoms with E-state index in [4.69, 9.17) is 9.26 Å². The summed E-state index contributed by atoms with van der Waals surface area (Å²) in [6, 6.07) is 0. The largest absolute Gasteiger partial charge is 0.366 e. The van der Waals surface area contributed by atoms with Crippen LogP contribution in [0.1, 0.15) is 31.2 Å². The van der Waals surface area contributed by atoms with Crippen molar-refractivity contribution in [2.45, 2.75) is 25.9 Å². The van der Waals surface area contributed by atoms with Crippen LogP contribution in [-0.2, 0) is 11.2 Å². The van der Waals surface area contributed by atoms with Crippen molar-refractivity contribution in [2.24, 2.45) is 0 Å². The number of aryl methyl sites for hydroxylation is 1. The maximum absolute atomic E-state index is 5.50. The zero-order valence-electron chi connectivity index (χ0n) is 8.32. The summed E-state index contributed by atoms with van der Waals surface area (Å²) in [5.74, 6) is 1.37. The van der Waals surface area contributed by atoms with E-state index in [0.29, 0.717) is 12.5 Å². The number of aromatic nitrogens is 2. The summed E-state index contributed by atoms with van der Waals surface area (Å²) in [5.41, 5.74) is 0. The fourth-order valence-electron chi connectivity index (χ4n) is 1.45. The molecule has 0 aromatic carbocycles. The summed E-state index contributed by atoms with van der Waals surface area (Å²) in [6.07, 6.45) is 1.83. The minimum atomic E-state index is -0.0677. The number of ether oxygens (including phenoxy) is 1. The minimum absolute atomic E-state index is 0.0677. The molecule has 2 heterocycles. The van der Waals surface area contributed by atoms with E-state index in [1.807, 2.05) is 0 Å². The highest BCUT2D eigenvalue weighted by atomic mass is 16.5. The molecule has 0 saturated carbocycles. The predicted octanol–water partition coefficient (Wildman–Crippen LogP) is 0.683. The van der Waals surface area contributed by atoms with E-state index < -0.39 is 0 Å². The summed E-state index contributed by atoms with van der Waals surface area (Å²) in [4.78, 5) is 4.28. The van der Waals surface area contributed by atoms with Gasteiger partial charge < -0.3 is 14.6 Å². The lowest BCUT2D eigenvalue weighted by Gasteiger charge is -2.19. The lowest BCUT2D eigenvalue weighted by Crippen LogP contribution is -2.33. The Balaban J connectivity index is 2.00. The van der Waals surface area contributed by atoms with Crippen molar-refractivity contribution in [3.63, 3.8) is 0 Å². The van der Waals surface area contributed by atoms with Crippen molar-refractivity contribution in [2.75, 3.05) is 19.7 Å². The summed E-state index contributed by atoms with van der Waals surface area (Å²) in [6.45, 7) is 4.45. The number of hydrogen-bond donors (Lipinski definition) is 1. The van der Waals surface area contributed by atoms with Gasteiger partial charge in [0.1, 0.15) is 6.10 Å². The Labute approximate surface area is 82.8 Å². The Morgan fingerprint density at radius 1 is 1.57 bits per heavy atom. The lowest BCUT2D eigenvalue weighted by atomic mass is 10.3. The quantitative estimate of drug-likeness (QED) is 0.772. The van der Waals surface area contributed by atoms with Crippen molar-refractivity contribution in [1.82, 2.24) is 15.5 Å². The maximum Gasteiger partial charge on any atom is 0.257 e. The van der Waals surface area contributed by atoms with Crippen LogP contribution in [0.4, 0.5) is 0 Å². The van der Waals surface area contributed by atoms with Gasteiger partial charge in [-0.2, -0.15) is 4.98 Å². The third-order valence-electron chi connectivity index (χ3n) is 2.16. The maximum atomic E-state index is 5.50. The third-order valence-corrected chi connectivity index (χ3v) is 2.16. The predicted molar refractivity (Wildman–Crippen MR) is 49.9 cm³/mol. The van der Waals surface area contributed by atoms with Gasteiger partial charge >= 0.3 is 0 Å². The van der Waals surface area contributed by atoms with E-state index in [1.165, 1.54) is 0 Å². The molecule has 0 radical (unpaired) electrons. The molecule has 1 aliphatic heterocycles. The van der Waals surface area contributed by atoms with Crippen molar-refractivity contribution in [1.29, 1.82) is 0 Å². The van der Waals surface area contributed by atoms with Gasteiger partial charge in [0.25, 0.3) is 5.89 Å². The average molecular weight is 197 g/mol. The van der Waals surface area contributed by atoms with Gasteiger partial charge in [0.15, 0.2) is 5.82 Å². The highest BCUT2D eigenvalue weighted by Gasteiger charge is 2.21. The van der Waals surface area contributed by atoms with Crippen LogP contribution in [0.15, 0.2) is 4.52 Å². The van der Waals surface area contributed by atoms with Crippen LogP contribution >= 0.6 is 0 Å². The molecule has 0 spiro atoms. The molecule has 0 amide bonds. The topological polar surface area (TPSA) is 60.2 Å². The van der Waals surface area contributed by atoms with Crippen molar-refractivity contribution >= 4 is 0 Å². The Morgan fingerprint density at radius 2 is 2.50 bits per heavy atom. The van der Waals surface area contributed by atoms with Crippen LogP contribution in [0.25, 0.3) is 0 Å². The van der Waals surface area contributed by atoms with Gasteiger partial charge in [0, 0.05) is 19.5 Å². The molecule has 0 bridgehead atoms. The first-order valence-electron chi connectivity index (χ1n) is 5.05. The molecule has 78 valence electrons. The molecule has 1 saturated heterocycles. The Kier molecular flexibility index (Phi) is 3.10. The first kappa shape index (κ1) is 9.61. The second kappa shape index (κ2) is 4.52. The summed E-state index contributed by atoms with van der Waals surface area (Å²) in [7, 11) is 0. The minimum Gasteiger partial charge on any atom is -0.366 e. The summed E-state index contributed by atoms with van der Waals surface area (Å²) < 4.78 is 10.6. The van der Waals surface area contributed by atoms with E-state index >= 15 is 0 Å². The van der Waals surface area contributed by atoms with Gasteiger partial charge in [-0.25, -0.2) is 0 Å². The zero-order chi connectivity index (χ0) is 9.80. The molecular formula is C9H15N3O2. The third kappa shape index (κ3) is 2.10. The molecule has 1 atom stereocenters. The van der Waals surface area contributed by atoms with E-state index in [0.717, 1.165) is 31.8 Å². The Morgan fingerprint density at radius 3 is 3.21 bits per heavy atom. The van der Waals surface area contributed by atoms with Crippen LogP contribution in [-0.4, -0.2) is 29.8 Å². The first-order chi connectivity index (χ1) is 6.90.